The minimum absolute atomic E-state index is 0.00111. The van der Waals surface area contributed by atoms with Crippen LogP contribution in [-0.4, -0.2) is 39.8 Å². The number of thiocarbonyl (C=S) groups is 1. The van der Waals surface area contributed by atoms with Crippen LogP contribution in [0.15, 0.2) is 48.7 Å². The largest absolute Gasteiger partial charge is 0.385 e. The molecule has 2 aromatic heterocycles. The zero-order valence-corrected chi connectivity index (χ0v) is 20.4. The minimum Gasteiger partial charge on any atom is -0.385 e. The van der Waals surface area contributed by atoms with Crippen LogP contribution in [0.5, 0.6) is 0 Å². The number of methoxy groups -OCH3 is 1. The maximum absolute atomic E-state index is 5.80. The number of nitrogens with zero attached hydrogens (tertiary/aromatic N) is 3. The molecular weight excluding hydrogens is 416 g/mol. The van der Waals surface area contributed by atoms with E-state index in [1.54, 1.807) is 7.11 Å². The number of rotatable bonds is 7. The molecule has 5 nitrogen and oxygen atoms in total. The number of ether oxygens (including phenoxy) is 1. The number of aryl methyl sites for hydroxylation is 2. The Bertz CT molecular complexity index is 1110. The van der Waals surface area contributed by atoms with Gasteiger partial charge in [0.2, 0.25) is 0 Å². The van der Waals surface area contributed by atoms with Gasteiger partial charge in [0.05, 0.1) is 17.8 Å². The van der Waals surface area contributed by atoms with Gasteiger partial charge in [-0.2, -0.15) is 0 Å². The van der Waals surface area contributed by atoms with E-state index in [0.717, 1.165) is 23.8 Å². The number of hydrogen-bond acceptors (Lipinski definition) is 3. The Morgan fingerprint density at radius 3 is 2.62 bits per heavy atom. The van der Waals surface area contributed by atoms with Crippen LogP contribution in [0.25, 0.3) is 5.69 Å². The van der Waals surface area contributed by atoms with Gasteiger partial charge >= 0.3 is 0 Å². The number of hydrogen-bond donors (Lipinski definition) is 1. The van der Waals surface area contributed by atoms with Crippen molar-refractivity contribution in [3.8, 4) is 5.69 Å². The average molecular weight is 449 g/mol. The smallest absolute Gasteiger partial charge is 0.170 e. The Hall–Kier alpha value is -2.70. The molecule has 0 unspecified atom stereocenters. The number of nitrogens with one attached hydrogen (secondary N) is 1. The quantitative estimate of drug-likeness (QED) is 0.402. The predicted octanol–water partition coefficient (Wildman–Crippen LogP) is 5.11. The van der Waals surface area contributed by atoms with Gasteiger partial charge < -0.3 is 19.5 Å². The minimum atomic E-state index is -0.00111. The van der Waals surface area contributed by atoms with E-state index in [9.17, 15) is 0 Å². The lowest BCUT2D eigenvalue weighted by molar-refractivity contribution is 0.180. The second-order valence-corrected chi connectivity index (χ2v) is 8.93. The van der Waals surface area contributed by atoms with Crippen molar-refractivity contribution in [3.63, 3.8) is 0 Å². The molecule has 1 saturated heterocycles. The summed E-state index contributed by atoms with van der Waals surface area (Å²) in [5.41, 5.74) is 8.59. The van der Waals surface area contributed by atoms with Gasteiger partial charge in [0, 0.05) is 43.5 Å². The van der Waals surface area contributed by atoms with Crippen LogP contribution in [-0.2, 0) is 4.74 Å². The van der Waals surface area contributed by atoms with Crippen molar-refractivity contribution in [2.75, 3.05) is 20.3 Å². The monoisotopic (exact) mass is 448 g/mol. The first-order valence-electron chi connectivity index (χ1n) is 11.2. The molecule has 1 N–H and O–H groups in total. The van der Waals surface area contributed by atoms with Gasteiger partial charge in [0.1, 0.15) is 0 Å². The van der Waals surface area contributed by atoms with Crippen molar-refractivity contribution in [1.82, 2.24) is 19.8 Å². The fourth-order valence-corrected chi connectivity index (χ4v) is 5.13. The van der Waals surface area contributed by atoms with E-state index in [4.69, 9.17) is 17.0 Å². The highest BCUT2D eigenvalue weighted by Crippen LogP contribution is 2.41. The predicted molar refractivity (Wildman–Crippen MR) is 133 cm³/mol. The molecule has 1 aliphatic heterocycles. The molecule has 0 radical (unpaired) electrons. The topological polar surface area (TPSA) is 42.3 Å². The lowest BCUT2D eigenvalue weighted by atomic mass is 9.96. The molecule has 0 amide bonds. The molecule has 1 fully saturated rings. The first kappa shape index (κ1) is 22.5. The van der Waals surface area contributed by atoms with Crippen molar-refractivity contribution in [1.29, 1.82) is 0 Å². The second kappa shape index (κ2) is 9.43. The van der Waals surface area contributed by atoms with E-state index in [1.165, 1.54) is 33.8 Å². The molecule has 0 bridgehead atoms. The summed E-state index contributed by atoms with van der Waals surface area (Å²) in [7, 11) is 1.74. The maximum atomic E-state index is 5.80. The van der Waals surface area contributed by atoms with Crippen LogP contribution in [0.1, 0.15) is 52.3 Å². The van der Waals surface area contributed by atoms with Crippen molar-refractivity contribution in [3.05, 3.63) is 82.4 Å². The van der Waals surface area contributed by atoms with E-state index < -0.39 is 0 Å². The van der Waals surface area contributed by atoms with E-state index >= 15 is 0 Å². The first-order valence-corrected chi connectivity index (χ1v) is 11.6. The second-order valence-electron chi connectivity index (χ2n) is 8.55. The fourth-order valence-electron chi connectivity index (χ4n) is 4.80. The highest BCUT2D eigenvalue weighted by atomic mass is 32.1. The van der Waals surface area contributed by atoms with Gasteiger partial charge in [0.25, 0.3) is 0 Å². The standard InChI is InChI=1S/C26H32N4OS/c1-17-10-8-12-23(19(17)3)30-18(2)16-21(20(30)4)25-24(22-11-6-7-13-27-22)28-26(32)29(25)14-9-15-31-5/h6-8,10-13,16,24-25H,9,14-15H2,1-5H3,(H,28,32)/t24-,25-/m0/s1. The molecule has 4 rings (SSSR count). The normalized spacial score (nSPS) is 18.3. The molecule has 32 heavy (non-hydrogen) atoms. The van der Waals surface area contributed by atoms with Crippen LogP contribution in [0.3, 0.4) is 0 Å². The van der Waals surface area contributed by atoms with Crippen LogP contribution in [0.4, 0.5) is 0 Å². The van der Waals surface area contributed by atoms with E-state index in [2.05, 4.69) is 77.8 Å². The average Bonchev–Trinajstić information content (AvgIpc) is 3.26. The summed E-state index contributed by atoms with van der Waals surface area (Å²) in [5.74, 6) is 0. The molecule has 168 valence electrons. The van der Waals surface area contributed by atoms with Crippen LogP contribution < -0.4 is 5.32 Å². The van der Waals surface area contributed by atoms with Crippen molar-refractivity contribution >= 4 is 17.3 Å². The molecular formula is C26H32N4OS. The van der Waals surface area contributed by atoms with Gasteiger partial charge in [-0.1, -0.05) is 18.2 Å². The Morgan fingerprint density at radius 2 is 1.91 bits per heavy atom. The zero-order valence-electron chi connectivity index (χ0n) is 19.6. The Kier molecular flexibility index (Phi) is 6.63. The van der Waals surface area contributed by atoms with Gasteiger partial charge in [-0.25, -0.2) is 0 Å². The number of benzene rings is 1. The summed E-state index contributed by atoms with van der Waals surface area (Å²) >= 11 is 5.80. The summed E-state index contributed by atoms with van der Waals surface area (Å²) in [5, 5.41) is 4.33. The summed E-state index contributed by atoms with van der Waals surface area (Å²) in [6, 6.07) is 15.0. The summed E-state index contributed by atoms with van der Waals surface area (Å²) in [6.45, 7) is 10.3. The molecule has 1 aromatic carbocycles. The first-order chi connectivity index (χ1) is 15.4. The highest BCUT2D eigenvalue weighted by Gasteiger charge is 2.41. The van der Waals surface area contributed by atoms with Crippen molar-refractivity contribution in [2.24, 2.45) is 0 Å². The van der Waals surface area contributed by atoms with Crippen LogP contribution in [0.2, 0.25) is 0 Å². The lowest BCUT2D eigenvalue weighted by Crippen LogP contribution is -2.31. The molecule has 0 spiro atoms. The molecule has 1 aliphatic rings. The molecule has 2 atom stereocenters. The highest BCUT2D eigenvalue weighted by molar-refractivity contribution is 7.80. The summed E-state index contributed by atoms with van der Waals surface area (Å²) < 4.78 is 7.69. The van der Waals surface area contributed by atoms with Crippen molar-refractivity contribution < 1.29 is 4.74 Å². The van der Waals surface area contributed by atoms with Crippen molar-refractivity contribution in [2.45, 2.75) is 46.2 Å². The number of pyridine rings is 1. The molecule has 3 aromatic rings. The summed E-state index contributed by atoms with van der Waals surface area (Å²) in [4.78, 5) is 6.97. The van der Waals surface area contributed by atoms with Gasteiger partial charge in [-0.3, -0.25) is 4.98 Å². The SMILES string of the molecule is COCCCN1C(=S)N[C@@H](c2ccccn2)[C@@H]1c1cc(C)n(-c2cccc(C)c2C)c1C. The maximum Gasteiger partial charge on any atom is 0.170 e. The fraction of sp³-hybridized carbons (Fsp3) is 0.385. The van der Waals surface area contributed by atoms with E-state index in [0.29, 0.717) is 6.61 Å². The van der Waals surface area contributed by atoms with Gasteiger partial charge in [-0.05, 0) is 87.3 Å². The van der Waals surface area contributed by atoms with Crippen LogP contribution >= 0.6 is 12.2 Å². The lowest BCUT2D eigenvalue weighted by Gasteiger charge is -2.28. The zero-order chi connectivity index (χ0) is 22.8. The third kappa shape index (κ3) is 4.05. The van der Waals surface area contributed by atoms with Crippen LogP contribution in [0, 0.1) is 27.7 Å². The molecule has 0 aliphatic carbocycles. The van der Waals surface area contributed by atoms with Gasteiger partial charge in [0.15, 0.2) is 5.11 Å². The Morgan fingerprint density at radius 1 is 1.09 bits per heavy atom. The Labute approximate surface area is 196 Å². The molecule has 0 saturated carbocycles. The molecule has 6 heteroatoms. The van der Waals surface area contributed by atoms with E-state index in [-0.39, 0.29) is 12.1 Å². The Balaban J connectivity index is 1.82. The van der Waals surface area contributed by atoms with Gasteiger partial charge in [-0.15, -0.1) is 0 Å². The third-order valence-corrected chi connectivity index (χ3v) is 6.90. The third-order valence-electron chi connectivity index (χ3n) is 6.55. The summed E-state index contributed by atoms with van der Waals surface area (Å²) in [6.07, 6.45) is 2.77. The number of aromatic nitrogens is 2. The van der Waals surface area contributed by atoms with E-state index in [1.807, 2.05) is 18.3 Å². The molecule has 3 heterocycles.